The van der Waals surface area contributed by atoms with Crippen molar-refractivity contribution in [3.05, 3.63) is 23.8 Å². The number of benzene rings is 1. The van der Waals surface area contributed by atoms with E-state index in [9.17, 15) is 0 Å². The second-order valence-electron chi connectivity index (χ2n) is 5.98. The predicted octanol–water partition coefficient (Wildman–Crippen LogP) is 3.65. The maximum Gasteiger partial charge on any atom is 0.146 e. The van der Waals surface area contributed by atoms with Crippen molar-refractivity contribution in [1.29, 1.82) is 0 Å². The van der Waals surface area contributed by atoms with Crippen LogP contribution < -0.4 is 10.1 Å². The lowest BCUT2D eigenvalue weighted by molar-refractivity contribution is 0.130. The van der Waals surface area contributed by atoms with Gasteiger partial charge >= 0.3 is 0 Å². The summed E-state index contributed by atoms with van der Waals surface area (Å²) in [4.78, 5) is 2.67. The average Bonchev–Trinajstić information content (AvgIpc) is 2.50. The molecule has 20 heavy (non-hydrogen) atoms. The van der Waals surface area contributed by atoms with E-state index in [-0.39, 0.29) is 0 Å². The van der Waals surface area contributed by atoms with E-state index in [0.717, 1.165) is 37.2 Å². The molecule has 0 spiro atoms. The molecule has 2 aliphatic heterocycles. The van der Waals surface area contributed by atoms with Gasteiger partial charge in [-0.25, -0.2) is 0 Å². The molecule has 1 N–H and O–H groups in total. The second kappa shape index (κ2) is 6.49. The van der Waals surface area contributed by atoms with Gasteiger partial charge in [-0.2, -0.15) is 0 Å². The van der Waals surface area contributed by atoms with E-state index in [1.165, 1.54) is 44.2 Å². The van der Waals surface area contributed by atoms with Crippen molar-refractivity contribution >= 4 is 5.69 Å². The maximum absolute atomic E-state index is 5.90. The lowest BCUT2D eigenvalue weighted by Gasteiger charge is -2.36. The van der Waals surface area contributed by atoms with E-state index in [1.807, 2.05) is 0 Å². The molecular weight excluding hydrogens is 248 g/mol. The Labute approximate surface area is 122 Å². The molecule has 0 amide bonds. The fourth-order valence-corrected chi connectivity index (χ4v) is 3.50. The molecule has 0 radical (unpaired) electrons. The largest absolute Gasteiger partial charge is 0.489 e. The van der Waals surface area contributed by atoms with Gasteiger partial charge < -0.3 is 10.1 Å². The summed E-state index contributed by atoms with van der Waals surface area (Å²) in [5, 5.41) is 3.43. The third kappa shape index (κ3) is 2.93. The molecule has 3 heteroatoms. The van der Waals surface area contributed by atoms with Crippen LogP contribution in [0.5, 0.6) is 5.75 Å². The molecule has 110 valence electrons. The SMILES string of the molecule is CCCC1CCCCN1Cc1cccc2c1OCCN2. The summed E-state index contributed by atoms with van der Waals surface area (Å²) in [5.41, 5.74) is 2.51. The van der Waals surface area contributed by atoms with Crippen LogP contribution in [0.3, 0.4) is 0 Å². The first-order chi connectivity index (χ1) is 9.88. The Bertz CT molecular complexity index is 445. The molecule has 1 atom stereocenters. The van der Waals surface area contributed by atoms with Gasteiger partial charge in [-0.3, -0.25) is 4.90 Å². The number of para-hydroxylation sites is 1. The highest BCUT2D eigenvalue weighted by Gasteiger charge is 2.23. The monoisotopic (exact) mass is 274 g/mol. The summed E-state index contributed by atoms with van der Waals surface area (Å²) in [6.07, 6.45) is 6.71. The van der Waals surface area contributed by atoms with Crippen LogP contribution in [-0.4, -0.2) is 30.6 Å². The Kier molecular flexibility index (Phi) is 4.46. The summed E-state index contributed by atoms with van der Waals surface area (Å²) in [6, 6.07) is 7.26. The number of anilines is 1. The first kappa shape index (κ1) is 13.7. The number of nitrogens with zero attached hydrogens (tertiary/aromatic N) is 1. The molecule has 2 aliphatic rings. The van der Waals surface area contributed by atoms with E-state index >= 15 is 0 Å². The van der Waals surface area contributed by atoms with Crippen LogP contribution in [0.2, 0.25) is 0 Å². The standard InChI is InChI=1S/C17H26N2O/c1-2-6-15-8-3-4-11-19(15)13-14-7-5-9-16-17(14)20-12-10-18-16/h5,7,9,15,18H,2-4,6,8,10-13H2,1H3. The van der Waals surface area contributed by atoms with Gasteiger partial charge in [-0.15, -0.1) is 0 Å². The van der Waals surface area contributed by atoms with Gasteiger partial charge in [-0.1, -0.05) is 31.9 Å². The van der Waals surface area contributed by atoms with Crippen LogP contribution in [0.15, 0.2) is 18.2 Å². The molecule has 2 heterocycles. The maximum atomic E-state index is 5.90. The van der Waals surface area contributed by atoms with Crippen LogP contribution in [0.25, 0.3) is 0 Å². The second-order valence-corrected chi connectivity index (χ2v) is 5.98. The van der Waals surface area contributed by atoms with Gasteiger partial charge in [0, 0.05) is 24.7 Å². The molecule has 0 aromatic heterocycles. The fourth-order valence-electron chi connectivity index (χ4n) is 3.50. The lowest BCUT2D eigenvalue weighted by atomic mass is 9.97. The Morgan fingerprint density at radius 2 is 2.30 bits per heavy atom. The van der Waals surface area contributed by atoms with E-state index < -0.39 is 0 Å². The van der Waals surface area contributed by atoms with Gasteiger partial charge in [0.15, 0.2) is 0 Å². The van der Waals surface area contributed by atoms with Crippen molar-refractivity contribution in [2.75, 3.05) is 25.0 Å². The Balaban J connectivity index is 1.76. The van der Waals surface area contributed by atoms with Crippen LogP contribution in [0.4, 0.5) is 5.69 Å². The molecule has 3 rings (SSSR count). The third-order valence-electron chi connectivity index (χ3n) is 4.50. The van der Waals surface area contributed by atoms with E-state index in [2.05, 4.69) is 35.3 Å². The molecule has 1 saturated heterocycles. The van der Waals surface area contributed by atoms with Crippen molar-refractivity contribution in [1.82, 2.24) is 4.90 Å². The van der Waals surface area contributed by atoms with Gasteiger partial charge in [0.1, 0.15) is 12.4 Å². The molecule has 0 saturated carbocycles. The summed E-state index contributed by atoms with van der Waals surface area (Å²) >= 11 is 0. The van der Waals surface area contributed by atoms with Crippen molar-refractivity contribution < 1.29 is 4.74 Å². The van der Waals surface area contributed by atoms with E-state index in [1.54, 1.807) is 0 Å². The van der Waals surface area contributed by atoms with Crippen LogP contribution in [0, 0.1) is 0 Å². The summed E-state index contributed by atoms with van der Waals surface area (Å²) in [6.45, 7) is 6.27. The Morgan fingerprint density at radius 3 is 3.20 bits per heavy atom. The smallest absolute Gasteiger partial charge is 0.146 e. The fraction of sp³-hybridized carbons (Fsp3) is 0.647. The normalized spacial score (nSPS) is 22.8. The Morgan fingerprint density at radius 1 is 1.35 bits per heavy atom. The molecular formula is C17H26N2O. The number of hydrogen-bond donors (Lipinski definition) is 1. The number of piperidine rings is 1. The zero-order chi connectivity index (χ0) is 13.8. The van der Waals surface area contributed by atoms with E-state index in [4.69, 9.17) is 4.74 Å². The topological polar surface area (TPSA) is 24.5 Å². The molecule has 0 aliphatic carbocycles. The molecule has 0 bridgehead atoms. The average molecular weight is 274 g/mol. The number of fused-ring (bicyclic) bond motifs is 1. The summed E-state index contributed by atoms with van der Waals surface area (Å²) in [7, 11) is 0. The van der Waals surface area contributed by atoms with Crippen molar-refractivity contribution in [3.63, 3.8) is 0 Å². The molecule has 1 aromatic rings. The quantitative estimate of drug-likeness (QED) is 0.907. The van der Waals surface area contributed by atoms with Crippen molar-refractivity contribution in [3.8, 4) is 5.75 Å². The molecule has 3 nitrogen and oxygen atoms in total. The van der Waals surface area contributed by atoms with Crippen molar-refractivity contribution in [2.24, 2.45) is 0 Å². The Hall–Kier alpha value is -1.22. The van der Waals surface area contributed by atoms with Gasteiger partial charge in [0.25, 0.3) is 0 Å². The number of nitrogens with one attached hydrogen (secondary N) is 1. The molecule has 1 fully saturated rings. The highest BCUT2D eigenvalue weighted by atomic mass is 16.5. The zero-order valence-electron chi connectivity index (χ0n) is 12.5. The molecule has 1 aromatic carbocycles. The van der Waals surface area contributed by atoms with Gasteiger partial charge in [0.05, 0.1) is 5.69 Å². The van der Waals surface area contributed by atoms with Gasteiger partial charge in [0.2, 0.25) is 0 Å². The minimum Gasteiger partial charge on any atom is -0.489 e. The third-order valence-corrected chi connectivity index (χ3v) is 4.50. The number of ether oxygens (including phenoxy) is 1. The first-order valence-electron chi connectivity index (χ1n) is 8.11. The minimum absolute atomic E-state index is 0.765. The number of rotatable bonds is 4. The van der Waals surface area contributed by atoms with Crippen LogP contribution in [-0.2, 0) is 6.54 Å². The molecule has 1 unspecified atom stereocenters. The number of hydrogen-bond acceptors (Lipinski definition) is 3. The first-order valence-corrected chi connectivity index (χ1v) is 8.11. The van der Waals surface area contributed by atoms with E-state index in [0.29, 0.717) is 0 Å². The predicted molar refractivity (Wildman–Crippen MR) is 83.4 cm³/mol. The van der Waals surface area contributed by atoms with Gasteiger partial charge in [-0.05, 0) is 31.9 Å². The van der Waals surface area contributed by atoms with Crippen LogP contribution >= 0.6 is 0 Å². The lowest BCUT2D eigenvalue weighted by Crippen LogP contribution is -2.39. The zero-order valence-corrected chi connectivity index (χ0v) is 12.5. The highest BCUT2D eigenvalue weighted by Crippen LogP contribution is 2.33. The highest BCUT2D eigenvalue weighted by molar-refractivity contribution is 5.61. The summed E-state index contributed by atoms with van der Waals surface area (Å²) in [5.74, 6) is 1.08. The van der Waals surface area contributed by atoms with Crippen molar-refractivity contribution in [2.45, 2.75) is 51.6 Å². The summed E-state index contributed by atoms with van der Waals surface area (Å²) < 4.78 is 5.90. The number of likely N-dealkylation sites (tertiary alicyclic amines) is 1. The van der Waals surface area contributed by atoms with Crippen LogP contribution in [0.1, 0.15) is 44.6 Å². The minimum atomic E-state index is 0.765.